The first-order chi connectivity index (χ1) is 10.4. The predicted octanol–water partition coefficient (Wildman–Crippen LogP) is 1.78. The van der Waals surface area contributed by atoms with Crippen LogP contribution in [0.1, 0.15) is 45.8 Å². The Hall–Kier alpha value is -0.920. The van der Waals surface area contributed by atoms with E-state index in [-0.39, 0.29) is 11.9 Å². The maximum Gasteiger partial charge on any atom is 0.264 e. The number of likely N-dealkylation sites (tertiary alicyclic amines) is 1. The van der Waals surface area contributed by atoms with Crippen molar-refractivity contribution in [1.29, 1.82) is 0 Å². The number of fused-ring (bicyclic) bond motifs is 1. The summed E-state index contributed by atoms with van der Waals surface area (Å²) in [5.74, 6) is 0.0689. The van der Waals surface area contributed by atoms with Crippen LogP contribution in [0.3, 0.4) is 0 Å². The summed E-state index contributed by atoms with van der Waals surface area (Å²) >= 11 is 1.62. The van der Waals surface area contributed by atoms with E-state index in [0.717, 1.165) is 49.8 Å². The second-order valence-electron chi connectivity index (χ2n) is 6.18. The van der Waals surface area contributed by atoms with E-state index >= 15 is 0 Å². The van der Waals surface area contributed by atoms with E-state index < -0.39 is 10.0 Å². The Kier molecular flexibility index (Phi) is 4.56. The highest BCUT2D eigenvalue weighted by molar-refractivity contribution is 7.88. The fraction of sp³-hybridized carbons (Fsp3) is 0.667. The molecule has 5 nitrogen and oxygen atoms in total. The molecule has 7 heteroatoms. The largest absolute Gasteiger partial charge is 0.334 e. The molecule has 2 aliphatic rings. The van der Waals surface area contributed by atoms with Crippen molar-refractivity contribution in [3.05, 3.63) is 21.4 Å². The zero-order valence-electron chi connectivity index (χ0n) is 12.8. The monoisotopic (exact) mass is 342 g/mol. The number of amides is 1. The van der Waals surface area contributed by atoms with Gasteiger partial charge in [-0.1, -0.05) is 0 Å². The van der Waals surface area contributed by atoms with Crippen molar-refractivity contribution < 1.29 is 13.2 Å². The lowest BCUT2D eigenvalue weighted by Gasteiger charge is -2.35. The molecule has 2 heterocycles. The first-order valence-electron chi connectivity index (χ1n) is 7.81. The first kappa shape index (κ1) is 16.0. The zero-order chi connectivity index (χ0) is 15.7. The Morgan fingerprint density at radius 1 is 1.36 bits per heavy atom. The third-order valence-corrected chi connectivity index (χ3v) is 6.34. The van der Waals surface area contributed by atoms with Crippen LogP contribution >= 0.6 is 11.3 Å². The fourth-order valence-electron chi connectivity index (χ4n) is 3.30. The Morgan fingerprint density at radius 3 is 2.91 bits per heavy atom. The van der Waals surface area contributed by atoms with E-state index in [0.29, 0.717) is 6.54 Å². The molecule has 1 amide bonds. The van der Waals surface area contributed by atoms with E-state index in [2.05, 4.69) is 4.72 Å². The number of rotatable bonds is 4. The van der Waals surface area contributed by atoms with Crippen LogP contribution in [0.25, 0.3) is 0 Å². The van der Waals surface area contributed by atoms with Crippen LogP contribution in [0.15, 0.2) is 6.07 Å². The van der Waals surface area contributed by atoms with Crippen molar-refractivity contribution in [3.8, 4) is 0 Å². The smallest absolute Gasteiger partial charge is 0.264 e. The highest BCUT2D eigenvalue weighted by Crippen LogP contribution is 2.32. The quantitative estimate of drug-likeness (QED) is 0.907. The van der Waals surface area contributed by atoms with Gasteiger partial charge in [-0.2, -0.15) is 0 Å². The van der Waals surface area contributed by atoms with Gasteiger partial charge in [0, 0.05) is 24.0 Å². The number of aryl methyl sites for hydroxylation is 2. The third-order valence-electron chi connectivity index (χ3n) is 4.43. The average molecular weight is 342 g/mol. The van der Waals surface area contributed by atoms with Crippen LogP contribution < -0.4 is 4.72 Å². The number of thiophene rings is 1. The normalized spacial score (nSPS) is 21.9. The summed E-state index contributed by atoms with van der Waals surface area (Å²) in [6.45, 7) is 1.03. The standard InChI is InChI=1S/C15H22N2O3S2/c1-22(19,20)16-10-12-6-2-3-8-17(12)15(18)14-9-11-5-4-7-13(11)21-14/h9,12,16H,2-8,10H2,1H3/t12-/m0/s1. The molecule has 1 aromatic heterocycles. The number of carbonyl (C=O) groups excluding carboxylic acids is 1. The maximum atomic E-state index is 12.8. The summed E-state index contributed by atoms with van der Waals surface area (Å²) < 4.78 is 25.2. The Bertz CT molecular complexity index is 645. The minimum Gasteiger partial charge on any atom is -0.334 e. The number of sulfonamides is 1. The van der Waals surface area contributed by atoms with Gasteiger partial charge in [0.25, 0.3) is 5.91 Å². The third kappa shape index (κ3) is 3.52. The van der Waals surface area contributed by atoms with Crippen molar-refractivity contribution in [2.75, 3.05) is 19.3 Å². The molecule has 0 aromatic carbocycles. The minimum atomic E-state index is -3.22. The van der Waals surface area contributed by atoms with Gasteiger partial charge >= 0.3 is 0 Å². The SMILES string of the molecule is CS(=O)(=O)NC[C@@H]1CCCCN1C(=O)c1cc2c(s1)CCC2. The number of hydrogen-bond donors (Lipinski definition) is 1. The van der Waals surface area contributed by atoms with Crippen LogP contribution in [-0.4, -0.2) is 44.6 Å². The highest BCUT2D eigenvalue weighted by atomic mass is 32.2. The molecule has 1 aliphatic heterocycles. The molecule has 0 radical (unpaired) electrons. The van der Waals surface area contributed by atoms with Crippen molar-refractivity contribution in [2.45, 2.75) is 44.6 Å². The summed E-state index contributed by atoms with van der Waals surface area (Å²) in [5, 5.41) is 0. The van der Waals surface area contributed by atoms with Crippen molar-refractivity contribution >= 4 is 27.3 Å². The van der Waals surface area contributed by atoms with Crippen LogP contribution in [0.2, 0.25) is 0 Å². The van der Waals surface area contributed by atoms with Gasteiger partial charge in [-0.3, -0.25) is 4.79 Å². The summed E-state index contributed by atoms with van der Waals surface area (Å²) in [6.07, 6.45) is 7.42. The van der Waals surface area contributed by atoms with E-state index in [1.54, 1.807) is 11.3 Å². The summed E-state index contributed by atoms with van der Waals surface area (Å²) in [4.78, 5) is 16.8. The van der Waals surface area contributed by atoms with Gasteiger partial charge < -0.3 is 4.90 Å². The molecule has 3 rings (SSSR count). The van der Waals surface area contributed by atoms with Crippen LogP contribution in [0.4, 0.5) is 0 Å². The molecule has 1 aromatic rings. The molecule has 0 bridgehead atoms. The molecule has 1 N–H and O–H groups in total. The number of hydrogen-bond acceptors (Lipinski definition) is 4. The highest BCUT2D eigenvalue weighted by Gasteiger charge is 2.30. The molecular formula is C15H22N2O3S2. The van der Waals surface area contributed by atoms with Crippen LogP contribution in [-0.2, 0) is 22.9 Å². The summed E-state index contributed by atoms with van der Waals surface area (Å²) in [5.41, 5.74) is 1.33. The van der Waals surface area contributed by atoms with Crippen LogP contribution in [0, 0.1) is 0 Å². The van der Waals surface area contributed by atoms with Gasteiger partial charge in [-0.25, -0.2) is 13.1 Å². The van der Waals surface area contributed by atoms with E-state index in [4.69, 9.17) is 0 Å². The lowest BCUT2D eigenvalue weighted by molar-refractivity contribution is 0.0624. The van der Waals surface area contributed by atoms with E-state index in [9.17, 15) is 13.2 Å². The van der Waals surface area contributed by atoms with Crippen molar-refractivity contribution in [2.24, 2.45) is 0 Å². The van der Waals surface area contributed by atoms with Gasteiger partial charge in [0.15, 0.2) is 0 Å². The van der Waals surface area contributed by atoms with Crippen molar-refractivity contribution in [1.82, 2.24) is 9.62 Å². The maximum absolute atomic E-state index is 12.8. The van der Waals surface area contributed by atoms with Gasteiger partial charge in [-0.15, -0.1) is 11.3 Å². The molecule has 0 spiro atoms. The molecule has 1 aliphatic carbocycles. The molecule has 22 heavy (non-hydrogen) atoms. The minimum absolute atomic E-state index is 0.0343. The zero-order valence-corrected chi connectivity index (χ0v) is 14.4. The van der Waals surface area contributed by atoms with Gasteiger partial charge in [0.05, 0.1) is 11.1 Å². The summed E-state index contributed by atoms with van der Waals surface area (Å²) in [7, 11) is -3.22. The summed E-state index contributed by atoms with van der Waals surface area (Å²) in [6, 6.07) is 2.01. The molecule has 1 fully saturated rings. The number of nitrogens with one attached hydrogen (secondary N) is 1. The van der Waals surface area contributed by atoms with Gasteiger partial charge in [0.1, 0.15) is 0 Å². The number of nitrogens with zero attached hydrogens (tertiary/aromatic N) is 1. The topological polar surface area (TPSA) is 66.5 Å². The molecule has 0 unspecified atom stereocenters. The molecule has 0 saturated carbocycles. The van der Waals surface area contributed by atoms with Crippen LogP contribution in [0.5, 0.6) is 0 Å². The molecule has 1 saturated heterocycles. The Morgan fingerprint density at radius 2 is 2.18 bits per heavy atom. The Labute approximate surface area is 135 Å². The number of piperidine rings is 1. The lowest BCUT2D eigenvalue weighted by Crippen LogP contribution is -2.49. The predicted molar refractivity (Wildman–Crippen MR) is 87.9 cm³/mol. The fourth-order valence-corrected chi connectivity index (χ4v) is 5.01. The molecule has 122 valence electrons. The van der Waals surface area contributed by atoms with E-state index in [1.807, 2.05) is 11.0 Å². The second kappa shape index (κ2) is 6.29. The van der Waals surface area contributed by atoms with Gasteiger partial charge in [0.2, 0.25) is 10.0 Å². The van der Waals surface area contributed by atoms with E-state index in [1.165, 1.54) is 16.9 Å². The second-order valence-corrected chi connectivity index (χ2v) is 9.15. The molecular weight excluding hydrogens is 320 g/mol. The lowest BCUT2D eigenvalue weighted by atomic mass is 10.0. The Balaban J connectivity index is 1.73. The van der Waals surface area contributed by atoms with Crippen molar-refractivity contribution in [3.63, 3.8) is 0 Å². The average Bonchev–Trinajstić information content (AvgIpc) is 3.05. The first-order valence-corrected chi connectivity index (χ1v) is 10.5. The van der Waals surface area contributed by atoms with Gasteiger partial charge in [-0.05, 0) is 50.2 Å². The number of carbonyl (C=O) groups is 1. The molecule has 1 atom stereocenters.